The minimum atomic E-state index is -0.326. The van der Waals surface area contributed by atoms with E-state index in [1.165, 1.54) is 12.8 Å². The fraction of sp³-hybridized carbons (Fsp3) is 0.667. The van der Waals surface area contributed by atoms with Gasteiger partial charge in [0, 0.05) is 31.4 Å². The van der Waals surface area contributed by atoms with Crippen LogP contribution in [-0.4, -0.2) is 36.1 Å². The minimum Gasteiger partial charge on any atom is -0.357 e. The molecular weight excluding hydrogens is 288 g/mol. The van der Waals surface area contributed by atoms with E-state index >= 15 is 0 Å². The third-order valence-electron chi connectivity index (χ3n) is 5.13. The van der Waals surface area contributed by atoms with Crippen LogP contribution in [0.2, 0.25) is 0 Å². The average Bonchev–Trinajstić information content (AvgIpc) is 2.60. The molecule has 0 spiro atoms. The predicted molar refractivity (Wildman–Crippen MR) is 94.7 cm³/mol. The van der Waals surface area contributed by atoms with Crippen LogP contribution < -0.4 is 16.0 Å². The Morgan fingerprint density at radius 3 is 2.52 bits per heavy atom. The van der Waals surface area contributed by atoms with E-state index in [-0.39, 0.29) is 11.4 Å². The van der Waals surface area contributed by atoms with E-state index in [1.807, 2.05) is 26.0 Å². The van der Waals surface area contributed by atoms with Gasteiger partial charge in [0.25, 0.3) is 5.91 Å². The second-order valence-electron chi connectivity index (χ2n) is 6.83. The predicted octanol–water partition coefficient (Wildman–Crippen LogP) is 2.57. The number of hydrogen-bond acceptors (Lipinski definition) is 4. The standard InChI is InChI=1S/C18H30N4O/c1-4-18(19,5-2)13-21-17(23)15-6-7-16(20-12-15)22-10-8-14(3)9-11-22/h6-7,12,14H,4-5,8-11,13,19H2,1-3H3,(H,21,23). The van der Waals surface area contributed by atoms with E-state index < -0.39 is 0 Å². The second kappa shape index (κ2) is 7.77. The molecule has 0 aliphatic carbocycles. The van der Waals surface area contributed by atoms with Crippen molar-refractivity contribution in [3.05, 3.63) is 23.9 Å². The number of rotatable bonds is 6. The molecule has 1 saturated heterocycles. The van der Waals surface area contributed by atoms with Crippen LogP contribution in [0.1, 0.15) is 56.8 Å². The summed E-state index contributed by atoms with van der Waals surface area (Å²) in [4.78, 5) is 19.0. The number of nitrogens with one attached hydrogen (secondary N) is 1. The van der Waals surface area contributed by atoms with Crippen LogP contribution in [0.4, 0.5) is 5.82 Å². The van der Waals surface area contributed by atoms with E-state index in [1.54, 1.807) is 6.20 Å². The van der Waals surface area contributed by atoms with Gasteiger partial charge in [-0.25, -0.2) is 4.98 Å². The fourth-order valence-corrected chi connectivity index (χ4v) is 2.80. The summed E-state index contributed by atoms with van der Waals surface area (Å²) in [6, 6.07) is 3.80. The van der Waals surface area contributed by atoms with E-state index in [0.29, 0.717) is 12.1 Å². The number of nitrogens with zero attached hydrogens (tertiary/aromatic N) is 2. The second-order valence-corrected chi connectivity index (χ2v) is 6.83. The zero-order valence-electron chi connectivity index (χ0n) is 14.6. The third kappa shape index (κ3) is 4.67. The molecule has 0 saturated carbocycles. The zero-order chi connectivity index (χ0) is 16.9. The first-order valence-electron chi connectivity index (χ1n) is 8.75. The molecule has 23 heavy (non-hydrogen) atoms. The summed E-state index contributed by atoms with van der Waals surface area (Å²) < 4.78 is 0. The highest BCUT2D eigenvalue weighted by Crippen LogP contribution is 2.21. The van der Waals surface area contributed by atoms with Crippen molar-refractivity contribution in [2.45, 2.75) is 52.0 Å². The molecule has 0 aromatic carbocycles. The van der Waals surface area contributed by atoms with Gasteiger partial charge in [0.05, 0.1) is 5.56 Å². The minimum absolute atomic E-state index is 0.104. The van der Waals surface area contributed by atoms with Crippen LogP contribution in [-0.2, 0) is 0 Å². The number of piperidine rings is 1. The number of carbonyl (C=O) groups is 1. The van der Waals surface area contributed by atoms with Crippen molar-refractivity contribution in [2.75, 3.05) is 24.5 Å². The van der Waals surface area contributed by atoms with Crippen LogP contribution in [0.15, 0.2) is 18.3 Å². The molecular formula is C18H30N4O. The summed E-state index contributed by atoms with van der Waals surface area (Å²) in [5.74, 6) is 1.65. The molecule has 0 radical (unpaired) electrons. The van der Waals surface area contributed by atoms with Crippen molar-refractivity contribution in [1.29, 1.82) is 0 Å². The molecule has 5 nitrogen and oxygen atoms in total. The van der Waals surface area contributed by atoms with Crippen molar-refractivity contribution in [1.82, 2.24) is 10.3 Å². The number of nitrogens with two attached hydrogens (primary N) is 1. The molecule has 1 aliphatic heterocycles. The van der Waals surface area contributed by atoms with Crippen molar-refractivity contribution < 1.29 is 4.79 Å². The summed E-state index contributed by atoms with van der Waals surface area (Å²) in [6.45, 7) is 8.97. The van der Waals surface area contributed by atoms with Gasteiger partial charge in [0.15, 0.2) is 0 Å². The van der Waals surface area contributed by atoms with Crippen LogP contribution in [0.25, 0.3) is 0 Å². The SMILES string of the molecule is CCC(N)(CC)CNC(=O)c1ccc(N2CCC(C)CC2)nc1. The lowest BCUT2D eigenvalue weighted by Gasteiger charge is -2.31. The van der Waals surface area contributed by atoms with E-state index in [9.17, 15) is 4.79 Å². The normalized spacial score (nSPS) is 16.4. The Balaban J connectivity index is 1.92. The van der Waals surface area contributed by atoms with Gasteiger partial charge in [0.1, 0.15) is 5.82 Å². The Labute approximate surface area is 139 Å². The third-order valence-corrected chi connectivity index (χ3v) is 5.13. The van der Waals surface area contributed by atoms with Gasteiger partial charge in [-0.3, -0.25) is 4.79 Å². The largest absolute Gasteiger partial charge is 0.357 e. The first-order valence-corrected chi connectivity index (χ1v) is 8.75. The first-order chi connectivity index (χ1) is 11.0. The number of anilines is 1. The Bertz CT molecular complexity index is 502. The maximum atomic E-state index is 12.2. The molecule has 0 atom stereocenters. The molecule has 3 N–H and O–H groups in total. The van der Waals surface area contributed by atoms with Gasteiger partial charge >= 0.3 is 0 Å². The highest BCUT2D eigenvalue weighted by molar-refractivity contribution is 5.94. The number of carbonyl (C=O) groups excluding carboxylic acids is 1. The molecule has 2 heterocycles. The molecule has 2 rings (SSSR count). The van der Waals surface area contributed by atoms with Crippen LogP contribution >= 0.6 is 0 Å². The van der Waals surface area contributed by atoms with Crippen molar-refractivity contribution in [3.8, 4) is 0 Å². The molecule has 0 unspecified atom stereocenters. The van der Waals surface area contributed by atoms with Crippen LogP contribution in [0, 0.1) is 5.92 Å². The first kappa shape index (κ1) is 17.7. The lowest BCUT2D eigenvalue weighted by molar-refractivity contribution is 0.0942. The Morgan fingerprint density at radius 2 is 2.00 bits per heavy atom. The van der Waals surface area contributed by atoms with E-state index in [0.717, 1.165) is 37.7 Å². The molecule has 1 aliphatic rings. The quantitative estimate of drug-likeness (QED) is 0.845. The van der Waals surface area contributed by atoms with Gasteiger partial charge in [0.2, 0.25) is 0 Å². The van der Waals surface area contributed by atoms with Crippen LogP contribution in [0.3, 0.4) is 0 Å². The molecule has 0 bridgehead atoms. The number of pyridine rings is 1. The number of aromatic nitrogens is 1. The highest BCUT2D eigenvalue weighted by atomic mass is 16.1. The summed E-state index contributed by atoms with van der Waals surface area (Å²) in [7, 11) is 0. The van der Waals surface area contributed by atoms with Gasteiger partial charge < -0.3 is 16.0 Å². The maximum absolute atomic E-state index is 12.2. The summed E-state index contributed by atoms with van der Waals surface area (Å²) in [5.41, 5.74) is 6.48. The van der Waals surface area contributed by atoms with E-state index in [2.05, 4.69) is 22.1 Å². The topological polar surface area (TPSA) is 71.2 Å². The summed E-state index contributed by atoms with van der Waals surface area (Å²) >= 11 is 0. The number of hydrogen-bond donors (Lipinski definition) is 2. The Kier molecular flexibility index (Phi) is 5.99. The lowest BCUT2D eigenvalue weighted by atomic mass is 9.94. The average molecular weight is 318 g/mol. The summed E-state index contributed by atoms with van der Waals surface area (Å²) in [5, 5.41) is 2.93. The summed E-state index contributed by atoms with van der Waals surface area (Å²) in [6.07, 6.45) is 5.76. The van der Waals surface area contributed by atoms with Gasteiger partial charge in [-0.2, -0.15) is 0 Å². The molecule has 128 valence electrons. The Hall–Kier alpha value is -1.62. The molecule has 1 aromatic heterocycles. The van der Waals surface area contributed by atoms with Gasteiger partial charge in [-0.05, 0) is 43.7 Å². The maximum Gasteiger partial charge on any atom is 0.252 e. The van der Waals surface area contributed by atoms with Crippen molar-refractivity contribution in [3.63, 3.8) is 0 Å². The number of amides is 1. The lowest BCUT2D eigenvalue weighted by Crippen LogP contribution is -2.49. The molecule has 1 aromatic rings. The van der Waals surface area contributed by atoms with E-state index in [4.69, 9.17) is 5.73 Å². The molecule has 5 heteroatoms. The Morgan fingerprint density at radius 1 is 1.35 bits per heavy atom. The van der Waals surface area contributed by atoms with Crippen molar-refractivity contribution in [2.24, 2.45) is 11.7 Å². The monoisotopic (exact) mass is 318 g/mol. The highest BCUT2D eigenvalue weighted by Gasteiger charge is 2.21. The fourth-order valence-electron chi connectivity index (χ4n) is 2.80. The van der Waals surface area contributed by atoms with Gasteiger partial charge in [-0.1, -0.05) is 20.8 Å². The van der Waals surface area contributed by atoms with Crippen molar-refractivity contribution >= 4 is 11.7 Å². The smallest absolute Gasteiger partial charge is 0.252 e. The molecule has 1 amide bonds. The van der Waals surface area contributed by atoms with Crippen LogP contribution in [0.5, 0.6) is 0 Å². The molecule has 1 fully saturated rings. The van der Waals surface area contributed by atoms with Gasteiger partial charge in [-0.15, -0.1) is 0 Å². The zero-order valence-corrected chi connectivity index (χ0v) is 14.6.